The Morgan fingerprint density at radius 3 is 2.95 bits per heavy atom. The lowest BCUT2D eigenvalue weighted by atomic mass is 10.1. The van der Waals surface area contributed by atoms with Gasteiger partial charge in [0.1, 0.15) is 0 Å². The summed E-state index contributed by atoms with van der Waals surface area (Å²) in [5.41, 5.74) is 1.87. The summed E-state index contributed by atoms with van der Waals surface area (Å²) in [6.07, 6.45) is 0.881. The normalized spacial score (nSPS) is 13.0. The maximum Gasteiger partial charge on any atom is 0.306 e. The van der Waals surface area contributed by atoms with Crippen LogP contribution in [0.1, 0.15) is 18.4 Å². The second-order valence-electron chi connectivity index (χ2n) is 4.84. The summed E-state index contributed by atoms with van der Waals surface area (Å²) >= 11 is 1.52. The van der Waals surface area contributed by atoms with E-state index < -0.39 is 5.97 Å². The van der Waals surface area contributed by atoms with Crippen molar-refractivity contribution in [3.63, 3.8) is 0 Å². The molecule has 2 amide bonds. The third kappa shape index (κ3) is 4.77. The number of nitrogens with one attached hydrogen (secondary N) is 2. The second kappa shape index (κ2) is 7.84. The Hall–Kier alpha value is -2.02. The van der Waals surface area contributed by atoms with Gasteiger partial charge < -0.3 is 15.4 Å². The van der Waals surface area contributed by atoms with E-state index in [9.17, 15) is 14.4 Å². The summed E-state index contributed by atoms with van der Waals surface area (Å²) in [5.74, 6) is -0.112. The number of fused-ring (bicyclic) bond motifs is 1. The largest absolute Gasteiger partial charge is 0.469 e. The van der Waals surface area contributed by atoms with Gasteiger partial charge in [0, 0.05) is 17.9 Å². The molecule has 0 bridgehead atoms. The van der Waals surface area contributed by atoms with Crippen LogP contribution < -0.4 is 10.6 Å². The van der Waals surface area contributed by atoms with Gasteiger partial charge in [0.25, 0.3) is 0 Å². The third-order valence-corrected chi connectivity index (χ3v) is 4.27. The number of ether oxygens (including phenoxy) is 1. The third-order valence-electron chi connectivity index (χ3n) is 3.20. The zero-order chi connectivity index (χ0) is 15.9. The van der Waals surface area contributed by atoms with Crippen molar-refractivity contribution in [2.75, 3.05) is 24.7 Å². The summed E-state index contributed by atoms with van der Waals surface area (Å²) in [4.78, 5) is 34.9. The molecule has 1 heterocycles. The number of hydrogen-bond donors (Lipinski definition) is 2. The molecule has 0 saturated heterocycles. The van der Waals surface area contributed by atoms with Gasteiger partial charge in [-0.05, 0) is 24.1 Å². The molecular formula is C15H18N2O4S. The second-order valence-corrected chi connectivity index (χ2v) is 5.86. The highest BCUT2D eigenvalue weighted by atomic mass is 32.2. The van der Waals surface area contributed by atoms with Crippen LogP contribution in [-0.2, 0) is 25.5 Å². The zero-order valence-corrected chi connectivity index (χ0v) is 13.1. The van der Waals surface area contributed by atoms with Gasteiger partial charge in [-0.15, -0.1) is 11.8 Å². The van der Waals surface area contributed by atoms with Gasteiger partial charge >= 0.3 is 5.97 Å². The predicted molar refractivity (Wildman–Crippen MR) is 83.8 cm³/mol. The van der Waals surface area contributed by atoms with Gasteiger partial charge in [0.2, 0.25) is 11.8 Å². The Labute approximate surface area is 133 Å². The fourth-order valence-electron chi connectivity index (χ4n) is 2.04. The highest BCUT2D eigenvalue weighted by Crippen LogP contribution is 2.31. The van der Waals surface area contributed by atoms with E-state index in [4.69, 9.17) is 0 Å². The molecule has 1 aliphatic rings. The van der Waals surface area contributed by atoms with Gasteiger partial charge in [-0.1, -0.05) is 6.07 Å². The van der Waals surface area contributed by atoms with Gasteiger partial charge in [0.05, 0.1) is 25.0 Å². The first-order chi connectivity index (χ1) is 10.6. The minimum absolute atomic E-state index is 0.00534. The molecule has 1 aliphatic heterocycles. The average molecular weight is 322 g/mol. The molecule has 1 aromatic carbocycles. The Morgan fingerprint density at radius 2 is 2.18 bits per heavy atom. The monoisotopic (exact) mass is 322 g/mol. The van der Waals surface area contributed by atoms with E-state index in [0.29, 0.717) is 18.7 Å². The molecule has 0 unspecified atom stereocenters. The van der Waals surface area contributed by atoms with Gasteiger partial charge in [-0.3, -0.25) is 14.4 Å². The number of carbonyl (C=O) groups excluding carboxylic acids is 3. The quantitative estimate of drug-likeness (QED) is 0.772. The lowest BCUT2D eigenvalue weighted by Gasteiger charge is -2.17. The standard InChI is InChI=1S/C15H18N2O4S/c1-21-15(20)5-4-13(18)16-7-6-10-2-3-12-11(8-10)17-14(19)9-22-12/h2-3,8H,4-7,9H2,1H3,(H,16,18)(H,17,19). The number of hydrogen-bond acceptors (Lipinski definition) is 5. The Bertz CT molecular complexity index is 589. The van der Waals surface area contributed by atoms with E-state index in [1.54, 1.807) is 0 Å². The maximum atomic E-state index is 11.6. The summed E-state index contributed by atoms with van der Waals surface area (Å²) < 4.78 is 4.48. The molecule has 2 N–H and O–H groups in total. The highest BCUT2D eigenvalue weighted by Gasteiger charge is 2.15. The molecule has 0 saturated carbocycles. The van der Waals surface area contributed by atoms with Crippen LogP contribution in [0.5, 0.6) is 0 Å². The molecule has 22 heavy (non-hydrogen) atoms. The summed E-state index contributed by atoms with van der Waals surface area (Å²) in [6.45, 7) is 0.486. The fourth-order valence-corrected chi connectivity index (χ4v) is 2.83. The minimum Gasteiger partial charge on any atom is -0.469 e. The zero-order valence-electron chi connectivity index (χ0n) is 12.3. The Balaban J connectivity index is 1.77. The number of methoxy groups -OCH3 is 1. The number of anilines is 1. The molecular weight excluding hydrogens is 304 g/mol. The number of esters is 1. The number of benzene rings is 1. The van der Waals surface area contributed by atoms with Gasteiger partial charge in [-0.25, -0.2) is 0 Å². The van der Waals surface area contributed by atoms with Crippen molar-refractivity contribution in [1.29, 1.82) is 0 Å². The molecule has 118 valence electrons. The van der Waals surface area contributed by atoms with Crippen LogP contribution >= 0.6 is 11.8 Å². The van der Waals surface area contributed by atoms with E-state index in [1.807, 2.05) is 18.2 Å². The van der Waals surface area contributed by atoms with E-state index in [0.717, 1.165) is 16.1 Å². The van der Waals surface area contributed by atoms with Crippen LogP contribution in [-0.4, -0.2) is 37.2 Å². The Morgan fingerprint density at radius 1 is 1.36 bits per heavy atom. The van der Waals surface area contributed by atoms with Crippen LogP contribution in [0.3, 0.4) is 0 Å². The molecule has 7 heteroatoms. The average Bonchev–Trinajstić information content (AvgIpc) is 2.52. The summed E-state index contributed by atoms with van der Waals surface area (Å²) in [7, 11) is 1.30. The van der Waals surface area contributed by atoms with Crippen LogP contribution in [0, 0.1) is 0 Å². The van der Waals surface area contributed by atoms with Crippen molar-refractivity contribution in [2.45, 2.75) is 24.2 Å². The number of carbonyl (C=O) groups is 3. The van der Waals surface area contributed by atoms with Crippen molar-refractivity contribution in [3.8, 4) is 0 Å². The molecule has 0 atom stereocenters. The smallest absolute Gasteiger partial charge is 0.306 e. The first-order valence-electron chi connectivity index (χ1n) is 6.97. The van der Waals surface area contributed by atoms with Crippen LogP contribution in [0.4, 0.5) is 5.69 Å². The molecule has 0 fully saturated rings. The maximum absolute atomic E-state index is 11.6. The van der Waals surface area contributed by atoms with Crippen LogP contribution in [0.2, 0.25) is 0 Å². The molecule has 2 rings (SSSR count). The summed E-state index contributed by atoms with van der Waals surface area (Å²) in [6, 6.07) is 5.90. The number of rotatable bonds is 6. The van der Waals surface area contributed by atoms with E-state index in [1.165, 1.54) is 18.9 Å². The van der Waals surface area contributed by atoms with Crippen LogP contribution in [0.25, 0.3) is 0 Å². The van der Waals surface area contributed by atoms with E-state index in [2.05, 4.69) is 15.4 Å². The Kier molecular flexibility index (Phi) is 5.83. The molecule has 0 spiro atoms. The van der Waals surface area contributed by atoms with Crippen molar-refractivity contribution in [2.24, 2.45) is 0 Å². The molecule has 0 radical (unpaired) electrons. The molecule has 6 nitrogen and oxygen atoms in total. The van der Waals surface area contributed by atoms with Gasteiger partial charge in [-0.2, -0.15) is 0 Å². The topological polar surface area (TPSA) is 84.5 Å². The SMILES string of the molecule is COC(=O)CCC(=O)NCCc1ccc2c(c1)NC(=O)CS2. The highest BCUT2D eigenvalue weighted by molar-refractivity contribution is 8.00. The first-order valence-corrected chi connectivity index (χ1v) is 7.96. The summed E-state index contributed by atoms with van der Waals surface area (Å²) in [5, 5.41) is 5.60. The first kappa shape index (κ1) is 16.4. The molecule has 0 aliphatic carbocycles. The van der Waals surface area contributed by atoms with E-state index >= 15 is 0 Å². The van der Waals surface area contributed by atoms with Crippen molar-refractivity contribution in [3.05, 3.63) is 23.8 Å². The number of amides is 2. The molecule has 0 aromatic heterocycles. The van der Waals surface area contributed by atoms with E-state index in [-0.39, 0.29) is 24.7 Å². The lowest BCUT2D eigenvalue weighted by Crippen LogP contribution is -2.26. The predicted octanol–water partition coefficient (Wildman–Crippen LogP) is 1.34. The van der Waals surface area contributed by atoms with Gasteiger partial charge in [0.15, 0.2) is 0 Å². The fraction of sp³-hybridized carbons (Fsp3) is 0.400. The lowest BCUT2D eigenvalue weighted by molar-refractivity contribution is -0.142. The van der Waals surface area contributed by atoms with Crippen molar-refractivity contribution >= 4 is 35.2 Å². The van der Waals surface area contributed by atoms with Crippen molar-refractivity contribution < 1.29 is 19.1 Å². The minimum atomic E-state index is -0.391. The van der Waals surface area contributed by atoms with Crippen molar-refractivity contribution in [1.82, 2.24) is 5.32 Å². The number of thioether (sulfide) groups is 1. The molecule has 1 aromatic rings. The van der Waals surface area contributed by atoms with Crippen LogP contribution in [0.15, 0.2) is 23.1 Å².